The molecule has 10 aromatic carbocycles. The van der Waals surface area contributed by atoms with E-state index >= 15 is 0 Å². The first kappa shape index (κ1) is 30.5. The lowest BCUT2D eigenvalue weighted by Gasteiger charge is -2.26. The van der Waals surface area contributed by atoms with Gasteiger partial charge in [-0.1, -0.05) is 140 Å². The van der Waals surface area contributed by atoms with Crippen LogP contribution in [0.15, 0.2) is 205 Å². The Hall–Kier alpha value is -7.16. The van der Waals surface area contributed by atoms with Gasteiger partial charge in [0.1, 0.15) is 11.2 Å². The molecule has 0 aliphatic carbocycles. The average molecular weight is 688 g/mol. The van der Waals surface area contributed by atoms with Crippen molar-refractivity contribution in [1.29, 1.82) is 0 Å². The molecule has 0 spiro atoms. The van der Waals surface area contributed by atoms with Crippen LogP contribution >= 0.6 is 0 Å². The van der Waals surface area contributed by atoms with Crippen LogP contribution in [0.3, 0.4) is 0 Å². The van der Waals surface area contributed by atoms with Crippen LogP contribution in [0.4, 0.5) is 17.1 Å². The van der Waals surface area contributed by atoms with E-state index in [0.29, 0.717) is 0 Å². The maximum atomic E-state index is 6.37. The fraction of sp³-hybridized carbons (Fsp3) is 0. The monoisotopic (exact) mass is 687 g/mol. The van der Waals surface area contributed by atoms with Crippen molar-refractivity contribution in [2.24, 2.45) is 0 Å². The van der Waals surface area contributed by atoms with Crippen LogP contribution in [0.25, 0.3) is 87.3 Å². The van der Waals surface area contributed by atoms with Crippen molar-refractivity contribution in [2.75, 3.05) is 4.90 Å². The summed E-state index contributed by atoms with van der Waals surface area (Å²) in [7, 11) is 0. The summed E-state index contributed by atoms with van der Waals surface area (Å²) in [6.45, 7) is 0. The molecule has 11 aromatic rings. The van der Waals surface area contributed by atoms with Crippen LogP contribution in [-0.4, -0.2) is 0 Å². The Morgan fingerprint density at radius 1 is 0.278 bits per heavy atom. The van der Waals surface area contributed by atoms with Gasteiger partial charge in [0.05, 0.1) is 0 Å². The van der Waals surface area contributed by atoms with Gasteiger partial charge in [-0.15, -0.1) is 0 Å². The third-order valence-corrected chi connectivity index (χ3v) is 11.0. The summed E-state index contributed by atoms with van der Waals surface area (Å²) in [5, 5.41) is 12.2. The van der Waals surface area contributed by atoms with Gasteiger partial charge in [-0.05, 0) is 121 Å². The molecule has 2 heteroatoms. The van der Waals surface area contributed by atoms with E-state index in [1.807, 2.05) is 6.07 Å². The Morgan fingerprint density at radius 3 is 1.74 bits per heavy atom. The highest BCUT2D eigenvalue weighted by molar-refractivity contribution is 6.34. The van der Waals surface area contributed by atoms with Gasteiger partial charge in [0, 0.05) is 33.2 Å². The molecule has 0 atom stereocenters. The maximum absolute atomic E-state index is 6.37. The molecule has 0 fully saturated rings. The SMILES string of the molecule is c1ccc(-c2ccc(N(c3cccc(-c4ccc5c6ccccc6c6c(ccc7oc8ccccc8c76)c5c4)c3)c3ccc4ccccc4c3)cc2)cc1. The standard InChI is InChI=1S/C52H33NO/c1-2-11-34(12-3-1)36-21-25-40(26-22-36)53(42-27-23-35-13-4-5-14-37(35)31-42)41-16-10-15-38(32-41)39-24-28-44-43-17-6-7-18-45(43)51-46(48(44)33-39)29-30-50-52(51)47-19-8-9-20-49(47)54-50/h1-33H. The van der Waals surface area contributed by atoms with Crippen LogP contribution in [0.1, 0.15) is 0 Å². The van der Waals surface area contributed by atoms with Crippen LogP contribution in [-0.2, 0) is 0 Å². The molecule has 0 N–H and O–H groups in total. The molecule has 252 valence electrons. The molecule has 0 amide bonds. The lowest BCUT2D eigenvalue weighted by Crippen LogP contribution is -2.10. The van der Waals surface area contributed by atoms with E-state index in [2.05, 4.69) is 199 Å². The molecule has 0 saturated heterocycles. The minimum Gasteiger partial charge on any atom is -0.456 e. The van der Waals surface area contributed by atoms with Crippen molar-refractivity contribution >= 4 is 82.1 Å². The van der Waals surface area contributed by atoms with Gasteiger partial charge in [0.15, 0.2) is 0 Å². The smallest absolute Gasteiger partial charge is 0.136 e. The van der Waals surface area contributed by atoms with E-state index in [9.17, 15) is 0 Å². The minimum atomic E-state index is 0.917. The first-order valence-electron chi connectivity index (χ1n) is 18.5. The Kier molecular flexibility index (Phi) is 6.90. The largest absolute Gasteiger partial charge is 0.456 e. The molecule has 2 nitrogen and oxygen atoms in total. The Balaban J connectivity index is 1.10. The molecule has 0 unspecified atom stereocenters. The summed E-state index contributed by atoms with van der Waals surface area (Å²) in [5.41, 5.74) is 9.91. The fourth-order valence-corrected chi connectivity index (χ4v) is 8.46. The molecular weight excluding hydrogens is 655 g/mol. The fourth-order valence-electron chi connectivity index (χ4n) is 8.46. The maximum Gasteiger partial charge on any atom is 0.136 e. The number of benzene rings is 10. The number of fused-ring (bicyclic) bond motifs is 11. The van der Waals surface area contributed by atoms with E-state index in [4.69, 9.17) is 4.42 Å². The van der Waals surface area contributed by atoms with Gasteiger partial charge in [-0.3, -0.25) is 0 Å². The lowest BCUT2D eigenvalue weighted by molar-refractivity contribution is 0.669. The van der Waals surface area contributed by atoms with Crippen molar-refractivity contribution in [3.05, 3.63) is 200 Å². The van der Waals surface area contributed by atoms with Gasteiger partial charge >= 0.3 is 0 Å². The van der Waals surface area contributed by atoms with E-state index in [1.165, 1.54) is 65.2 Å². The molecule has 0 saturated carbocycles. The average Bonchev–Trinajstić information content (AvgIpc) is 3.63. The minimum absolute atomic E-state index is 0.917. The van der Waals surface area contributed by atoms with Gasteiger partial charge in [0.25, 0.3) is 0 Å². The third-order valence-electron chi connectivity index (χ3n) is 11.0. The summed E-state index contributed by atoms with van der Waals surface area (Å²) in [5.74, 6) is 0. The van der Waals surface area contributed by atoms with Crippen LogP contribution in [0.2, 0.25) is 0 Å². The Labute approximate surface area is 312 Å². The molecule has 1 aromatic heterocycles. The summed E-state index contributed by atoms with van der Waals surface area (Å²) in [6, 6.07) is 72.3. The van der Waals surface area contributed by atoms with Crippen molar-refractivity contribution < 1.29 is 4.42 Å². The second-order valence-corrected chi connectivity index (χ2v) is 14.1. The highest BCUT2D eigenvalue weighted by Gasteiger charge is 2.18. The number of hydrogen-bond acceptors (Lipinski definition) is 2. The lowest BCUT2D eigenvalue weighted by atomic mass is 9.90. The molecule has 0 radical (unpaired) electrons. The second-order valence-electron chi connectivity index (χ2n) is 14.1. The first-order chi connectivity index (χ1) is 26.8. The highest BCUT2D eigenvalue weighted by atomic mass is 16.3. The number of nitrogens with zero attached hydrogens (tertiary/aromatic N) is 1. The van der Waals surface area contributed by atoms with Crippen LogP contribution < -0.4 is 4.90 Å². The zero-order valence-electron chi connectivity index (χ0n) is 29.4. The van der Waals surface area contributed by atoms with Gasteiger partial charge in [0.2, 0.25) is 0 Å². The summed E-state index contributed by atoms with van der Waals surface area (Å²) in [4.78, 5) is 2.37. The Bertz CT molecular complexity index is 3210. The molecule has 0 aliphatic heterocycles. The van der Waals surface area contributed by atoms with E-state index in [1.54, 1.807) is 0 Å². The summed E-state index contributed by atoms with van der Waals surface area (Å²) in [6.07, 6.45) is 0. The third kappa shape index (κ3) is 4.88. The topological polar surface area (TPSA) is 16.4 Å². The van der Waals surface area contributed by atoms with Crippen LogP contribution in [0, 0.1) is 0 Å². The van der Waals surface area contributed by atoms with E-state index < -0.39 is 0 Å². The van der Waals surface area contributed by atoms with Crippen molar-refractivity contribution in [1.82, 2.24) is 0 Å². The van der Waals surface area contributed by atoms with Gasteiger partial charge < -0.3 is 9.32 Å². The van der Waals surface area contributed by atoms with Gasteiger partial charge in [-0.25, -0.2) is 0 Å². The highest BCUT2D eigenvalue weighted by Crippen LogP contribution is 2.44. The predicted molar refractivity (Wildman–Crippen MR) is 229 cm³/mol. The number of para-hydroxylation sites is 1. The Morgan fingerprint density at radius 2 is 0.870 bits per heavy atom. The molecule has 11 rings (SSSR count). The predicted octanol–water partition coefficient (Wildman–Crippen LogP) is 15.0. The van der Waals surface area contributed by atoms with Crippen molar-refractivity contribution in [3.63, 3.8) is 0 Å². The second kappa shape index (κ2) is 12.2. The van der Waals surface area contributed by atoms with Gasteiger partial charge in [-0.2, -0.15) is 0 Å². The normalized spacial score (nSPS) is 11.7. The molecular formula is C52H33NO. The zero-order chi connectivity index (χ0) is 35.6. The number of furan rings is 1. The molecule has 0 aliphatic rings. The number of rotatable bonds is 5. The number of anilines is 3. The molecule has 1 heterocycles. The molecule has 54 heavy (non-hydrogen) atoms. The summed E-state index contributed by atoms with van der Waals surface area (Å²) < 4.78 is 6.37. The molecule has 0 bridgehead atoms. The van der Waals surface area contributed by atoms with E-state index in [-0.39, 0.29) is 0 Å². The van der Waals surface area contributed by atoms with Crippen molar-refractivity contribution in [2.45, 2.75) is 0 Å². The van der Waals surface area contributed by atoms with Crippen LogP contribution in [0.5, 0.6) is 0 Å². The van der Waals surface area contributed by atoms with E-state index in [0.717, 1.165) is 39.2 Å². The number of hydrogen-bond donors (Lipinski definition) is 0. The first-order valence-corrected chi connectivity index (χ1v) is 18.5. The zero-order valence-corrected chi connectivity index (χ0v) is 29.4. The summed E-state index contributed by atoms with van der Waals surface area (Å²) >= 11 is 0. The quantitative estimate of drug-likeness (QED) is 0.168. The van der Waals surface area contributed by atoms with Crippen molar-refractivity contribution in [3.8, 4) is 22.3 Å².